The molecule has 1 aromatic rings. The van der Waals surface area contributed by atoms with Crippen LogP contribution in [0.15, 0.2) is 18.2 Å². The van der Waals surface area contributed by atoms with Crippen molar-refractivity contribution in [2.24, 2.45) is 5.41 Å². The van der Waals surface area contributed by atoms with Crippen molar-refractivity contribution >= 4 is 0 Å². The molecule has 0 aliphatic rings. The first kappa shape index (κ1) is 14.1. The molecule has 0 aliphatic carbocycles. The zero-order valence-corrected chi connectivity index (χ0v) is 10.6. The molecule has 0 saturated carbocycles. The molecule has 1 nitrogen and oxygen atoms in total. The molecule has 0 spiro atoms. The zero-order chi connectivity index (χ0) is 13.1. The second kappa shape index (κ2) is 5.58. The minimum atomic E-state index is -0.419. The zero-order valence-electron chi connectivity index (χ0n) is 10.6. The third-order valence-corrected chi connectivity index (χ3v) is 2.93. The molecule has 0 fully saturated rings. The van der Waals surface area contributed by atoms with E-state index in [4.69, 9.17) is 0 Å². The van der Waals surface area contributed by atoms with E-state index >= 15 is 0 Å². The van der Waals surface area contributed by atoms with Gasteiger partial charge in [-0.05, 0) is 48.4 Å². The highest BCUT2D eigenvalue weighted by Gasteiger charge is 2.21. The lowest BCUT2D eigenvalue weighted by atomic mass is 9.86. The molecule has 1 rings (SSSR count). The standard InChI is InChI=1S/C14H20F2O/c1-14(2,3)13(17)6-4-5-10-9-11(15)7-8-12(10)16/h7-9,13,17H,4-6H2,1-3H3. The fourth-order valence-corrected chi connectivity index (χ4v) is 1.65. The number of halogens is 2. The maximum Gasteiger partial charge on any atom is 0.126 e. The second-order valence-corrected chi connectivity index (χ2v) is 5.51. The molecular weight excluding hydrogens is 222 g/mol. The third kappa shape index (κ3) is 4.43. The summed E-state index contributed by atoms with van der Waals surface area (Å²) < 4.78 is 26.2. The molecular formula is C14H20F2O. The number of hydrogen-bond acceptors (Lipinski definition) is 1. The fraction of sp³-hybridized carbons (Fsp3) is 0.571. The normalized spacial score (nSPS) is 13.8. The van der Waals surface area contributed by atoms with Gasteiger partial charge in [0.25, 0.3) is 0 Å². The molecule has 0 heterocycles. The molecule has 0 amide bonds. The number of hydrogen-bond donors (Lipinski definition) is 1. The largest absolute Gasteiger partial charge is 0.393 e. The highest BCUT2D eigenvalue weighted by atomic mass is 19.1. The van der Waals surface area contributed by atoms with Crippen LogP contribution >= 0.6 is 0 Å². The summed E-state index contributed by atoms with van der Waals surface area (Å²) in [6.07, 6.45) is 1.29. The van der Waals surface area contributed by atoms with Crippen molar-refractivity contribution < 1.29 is 13.9 Å². The Morgan fingerprint density at radius 2 is 1.88 bits per heavy atom. The molecule has 0 aromatic heterocycles. The Morgan fingerprint density at radius 1 is 1.24 bits per heavy atom. The lowest BCUT2D eigenvalue weighted by molar-refractivity contribution is 0.0540. The van der Waals surface area contributed by atoms with Gasteiger partial charge in [-0.2, -0.15) is 0 Å². The molecule has 0 radical (unpaired) electrons. The Bertz CT molecular complexity index is 369. The van der Waals surface area contributed by atoms with E-state index in [-0.39, 0.29) is 11.2 Å². The van der Waals surface area contributed by atoms with Crippen molar-refractivity contribution in [3.63, 3.8) is 0 Å². The van der Waals surface area contributed by atoms with E-state index in [0.29, 0.717) is 24.8 Å². The van der Waals surface area contributed by atoms with Gasteiger partial charge in [-0.1, -0.05) is 20.8 Å². The smallest absolute Gasteiger partial charge is 0.126 e. The van der Waals surface area contributed by atoms with E-state index in [9.17, 15) is 13.9 Å². The molecule has 96 valence electrons. The Hall–Kier alpha value is -0.960. The lowest BCUT2D eigenvalue weighted by Crippen LogP contribution is -2.25. The van der Waals surface area contributed by atoms with Crippen LogP contribution in [0.5, 0.6) is 0 Å². The van der Waals surface area contributed by atoms with E-state index in [1.165, 1.54) is 6.07 Å². The molecule has 17 heavy (non-hydrogen) atoms. The summed E-state index contributed by atoms with van der Waals surface area (Å²) in [5.41, 5.74) is 0.214. The lowest BCUT2D eigenvalue weighted by Gasteiger charge is -2.25. The summed E-state index contributed by atoms with van der Waals surface area (Å²) in [6, 6.07) is 3.48. The minimum absolute atomic E-state index is 0.166. The number of aliphatic hydroxyl groups excluding tert-OH is 1. The Labute approximate surface area is 101 Å². The van der Waals surface area contributed by atoms with Gasteiger partial charge in [-0.3, -0.25) is 0 Å². The average Bonchev–Trinajstić information content (AvgIpc) is 2.21. The monoisotopic (exact) mass is 242 g/mol. The first-order valence-corrected chi connectivity index (χ1v) is 5.92. The molecule has 1 atom stereocenters. The summed E-state index contributed by atoms with van der Waals surface area (Å²) in [5.74, 6) is -0.797. The maximum atomic E-state index is 13.3. The first-order valence-electron chi connectivity index (χ1n) is 5.92. The second-order valence-electron chi connectivity index (χ2n) is 5.51. The predicted octanol–water partition coefficient (Wildman–Crippen LogP) is 3.69. The van der Waals surface area contributed by atoms with Gasteiger partial charge in [0, 0.05) is 0 Å². The van der Waals surface area contributed by atoms with Gasteiger partial charge < -0.3 is 5.11 Å². The van der Waals surface area contributed by atoms with Crippen LogP contribution < -0.4 is 0 Å². The van der Waals surface area contributed by atoms with Crippen molar-refractivity contribution in [1.82, 2.24) is 0 Å². The number of aryl methyl sites for hydroxylation is 1. The van der Waals surface area contributed by atoms with Crippen molar-refractivity contribution in [3.8, 4) is 0 Å². The van der Waals surface area contributed by atoms with Crippen LogP contribution in [0.25, 0.3) is 0 Å². The maximum absolute atomic E-state index is 13.3. The SMILES string of the molecule is CC(C)(C)C(O)CCCc1cc(F)ccc1F. The van der Waals surface area contributed by atoms with Crippen molar-refractivity contribution in [3.05, 3.63) is 35.4 Å². The molecule has 1 N–H and O–H groups in total. The molecule has 3 heteroatoms. The molecule has 0 bridgehead atoms. The topological polar surface area (TPSA) is 20.2 Å². The van der Waals surface area contributed by atoms with Gasteiger partial charge in [0.1, 0.15) is 11.6 Å². The summed E-state index contributed by atoms with van der Waals surface area (Å²) in [4.78, 5) is 0. The number of rotatable bonds is 4. The third-order valence-electron chi connectivity index (χ3n) is 2.93. The summed E-state index contributed by atoms with van der Waals surface area (Å²) in [7, 11) is 0. The molecule has 1 aromatic carbocycles. The Morgan fingerprint density at radius 3 is 2.47 bits per heavy atom. The highest BCUT2D eigenvalue weighted by molar-refractivity contribution is 5.18. The van der Waals surface area contributed by atoms with Crippen LogP contribution in [-0.2, 0) is 6.42 Å². The molecule has 1 unspecified atom stereocenters. The number of benzene rings is 1. The van der Waals surface area contributed by atoms with Gasteiger partial charge in [-0.15, -0.1) is 0 Å². The summed E-state index contributed by atoms with van der Waals surface area (Å²) in [5, 5.41) is 9.82. The summed E-state index contributed by atoms with van der Waals surface area (Å²) in [6.45, 7) is 5.88. The van der Waals surface area contributed by atoms with Crippen LogP contribution in [0, 0.1) is 17.0 Å². The van der Waals surface area contributed by atoms with Gasteiger partial charge in [0.2, 0.25) is 0 Å². The Kier molecular flexibility index (Phi) is 4.63. The van der Waals surface area contributed by atoms with Gasteiger partial charge in [0.05, 0.1) is 6.10 Å². The quantitative estimate of drug-likeness (QED) is 0.853. The van der Waals surface area contributed by atoms with Crippen molar-refractivity contribution in [2.45, 2.75) is 46.1 Å². The fourth-order valence-electron chi connectivity index (χ4n) is 1.65. The van der Waals surface area contributed by atoms with Gasteiger partial charge >= 0.3 is 0 Å². The van der Waals surface area contributed by atoms with Crippen LogP contribution in [-0.4, -0.2) is 11.2 Å². The molecule has 0 aliphatic heterocycles. The van der Waals surface area contributed by atoms with Crippen molar-refractivity contribution in [1.29, 1.82) is 0 Å². The average molecular weight is 242 g/mol. The van der Waals surface area contributed by atoms with Crippen molar-refractivity contribution in [2.75, 3.05) is 0 Å². The van der Waals surface area contributed by atoms with Crippen LogP contribution in [0.3, 0.4) is 0 Å². The van der Waals surface area contributed by atoms with Crippen LogP contribution in [0.1, 0.15) is 39.2 Å². The van der Waals surface area contributed by atoms with Gasteiger partial charge in [-0.25, -0.2) is 8.78 Å². The summed E-state index contributed by atoms with van der Waals surface area (Å²) >= 11 is 0. The van der Waals surface area contributed by atoms with E-state index in [1.54, 1.807) is 0 Å². The van der Waals surface area contributed by atoms with Gasteiger partial charge in [0.15, 0.2) is 0 Å². The minimum Gasteiger partial charge on any atom is -0.393 e. The predicted molar refractivity (Wildman–Crippen MR) is 64.8 cm³/mol. The van der Waals surface area contributed by atoms with E-state index in [0.717, 1.165) is 12.1 Å². The highest BCUT2D eigenvalue weighted by Crippen LogP contribution is 2.23. The van der Waals surface area contributed by atoms with E-state index in [2.05, 4.69) is 0 Å². The van der Waals surface area contributed by atoms with Crippen LogP contribution in [0.4, 0.5) is 8.78 Å². The number of aliphatic hydroxyl groups is 1. The molecule has 0 saturated heterocycles. The van der Waals surface area contributed by atoms with Crippen LogP contribution in [0.2, 0.25) is 0 Å². The van der Waals surface area contributed by atoms with E-state index in [1.807, 2.05) is 20.8 Å². The first-order chi connectivity index (χ1) is 7.80. The Balaban J connectivity index is 2.49. The van der Waals surface area contributed by atoms with E-state index < -0.39 is 11.9 Å².